The van der Waals surface area contributed by atoms with Crippen LogP contribution in [0.25, 0.3) is 5.69 Å². The molecule has 26 heavy (non-hydrogen) atoms. The lowest BCUT2D eigenvalue weighted by Crippen LogP contribution is -2.16. The second-order valence-corrected chi connectivity index (χ2v) is 7.42. The number of aryl methyl sites for hydroxylation is 4. The van der Waals surface area contributed by atoms with Crippen molar-refractivity contribution in [2.45, 2.75) is 32.9 Å². The summed E-state index contributed by atoms with van der Waals surface area (Å²) in [6, 6.07) is 12.3. The Morgan fingerprint density at radius 1 is 1.08 bits per heavy atom. The van der Waals surface area contributed by atoms with Crippen LogP contribution in [0.1, 0.15) is 22.3 Å². The molecule has 0 spiro atoms. The molecule has 1 heterocycles. The highest BCUT2D eigenvalue weighted by atomic mass is 32.2. The summed E-state index contributed by atoms with van der Waals surface area (Å²) in [5.74, 6) is 0.290. The molecule has 3 aromatic rings. The van der Waals surface area contributed by atoms with Crippen molar-refractivity contribution < 1.29 is 4.79 Å². The lowest BCUT2D eigenvalue weighted by atomic mass is 10.1. The van der Waals surface area contributed by atoms with Gasteiger partial charge < -0.3 is 5.32 Å². The van der Waals surface area contributed by atoms with Gasteiger partial charge in [-0.25, -0.2) is 4.98 Å². The van der Waals surface area contributed by atoms with E-state index in [1.807, 2.05) is 42.8 Å². The molecule has 0 radical (unpaired) electrons. The first-order valence-corrected chi connectivity index (χ1v) is 9.54. The Labute approximate surface area is 158 Å². The number of carbonyl (C=O) groups excluding carboxylic acids is 1. The highest BCUT2D eigenvalue weighted by molar-refractivity contribution is 7.99. The Morgan fingerprint density at radius 2 is 1.81 bits per heavy atom. The quantitative estimate of drug-likeness (QED) is 0.658. The van der Waals surface area contributed by atoms with E-state index in [1.165, 1.54) is 22.9 Å². The van der Waals surface area contributed by atoms with Crippen molar-refractivity contribution in [2.75, 3.05) is 11.1 Å². The van der Waals surface area contributed by atoms with Gasteiger partial charge in [-0.2, -0.15) is 0 Å². The molecule has 3 rings (SSSR count). The van der Waals surface area contributed by atoms with Crippen molar-refractivity contribution in [2.24, 2.45) is 0 Å². The van der Waals surface area contributed by atoms with E-state index in [-0.39, 0.29) is 5.91 Å². The number of hydrogen-bond donors (Lipinski definition) is 1. The number of carbonyl (C=O) groups is 1. The van der Waals surface area contributed by atoms with Crippen LogP contribution in [0.5, 0.6) is 0 Å². The summed E-state index contributed by atoms with van der Waals surface area (Å²) in [5.41, 5.74) is 6.54. The molecule has 0 aliphatic rings. The van der Waals surface area contributed by atoms with Crippen LogP contribution in [0.2, 0.25) is 0 Å². The minimum atomic E-state index is -0.0254. The van der Waals surface area contributed by atoms with Gasteiger partial charge in [0, 0.05) is 18.1 Å². The van der Waals surface area contributed by atoms with E-state index in [1.54, 1.807) is 6.20 Å². The maximum atomic E-state index is 12.4. The van der Waals surface area contributed by atoms with Gasteiger partial charge >= 0.3 is 0 Å². The van der Waals surface area contributed by atoms with Gasteiger partial charge in [0.2, 0.25) is 5.91 Å². The maximum Gasteiger partial charge on any atom is 0.234 e. The summed E-state index contributed by atoms with van der Waals surface area (Å²) in [7, 11) is 0. The maximum absolute atomic E-state index is 12.4. The fourth-order valence-corrected chi connectivity index (χ4v) is 3.74. The van der Waals surface area contributed by atoms with E-state index >= 15 is 0 Å². The monoisotopic (exact) mass is 365 g/mol. The van der Waals surface area contributed by atoms with Gasteiger partial charge in [-0.1, -0.05) is 47.7 Å². The summed E-state index contributed by atoms with van der Waals surface area (Å²) in [5, 5.41) is 3.84. The molecular weight excluding hydrogens is 342 g/mol. The Hall–Kier alpha value is -2.53. The molecule has 0 aliphatic heterocycles. The Bertz CT molecular complexity index is 926. The van der Waals surface area contributed by atoms with Crippen molar-refractivity contribution in [1.82, 2.24) is 9.55 Å². The summed E-state index contributed by atoms with van der Waals surface area (Å²) < 4.78 is 2.03. The number of thioether (sulfide) groups is 1. The number of benzene rings is 2. The Morgan fingerprint density at radius 3 is 2.50 bits per heavy atom. The number of rotatable bonds is 5. The zero-order valence-electron chi connectivity index (χ0n) is 15.5. The molecule has 0 unspecified atom stereocenters. The molecule has 2 aromatic carbocycles. The van der Waals surface area contributed by atoms with Gasteiger partial charge in [0.15, 0.2) is 5.16 Å². The summed E-state index contributed by atoms with van der Waals surface area (Å²) in [4.78, 5) is 16.8. The zero-order chi connectivity index (χ0) is 18.7. The second kappa shape index (κ2) is 7.79. The number of nitrogens with zero attached hydrogens (tertiary/aromatic N) is 2. The fraction of sp³-hybridized carbons (Fsp3) is 0.238. The standard InChI is InChI=1S/C21H23N3OS/c1-14-8-9-18(17(4)12-14)24-11-10-22-21(24)26-13-19(25)23-20-15(2)6-5-7-16(20)3/h5-12H,13H2,1-4H3,(H,23,25). The van der Waals surface area contributed by atoms with Crippen LogP contribution in [0, 0.1) is 27.7 Å². The molecule has 4 nitrogen and oxygen atoms in total. The zero-order valence-corrected chi connectivity index (χ0v) is 16.4. The highest BCUT2D eigenvalue weighted by Crippen LogP contribution is 2.24. The first kappa shape index (κ1) is 18.3. The van der Waals surface area contributed by atoms with Crippen LogP contribution >= 0.6 is 11.8 Å². The van der Waals surface area contributed by atoms with E-state index < -0.39 is 0 Å². The predicted molar refractivity (Wildman–Crippen MR) is 108 cm³/mol. The molecule has 1 amide bonds. The number of imidazole rings is 1. The van der Waals surface area contributed by atoms with Gasteiger partial charge in [-0.15, -0.1) is 0 Å². The van der Waals surface area contributed by atoms with Crippen LogP contribution < -0.4 is 5.32 Å². The van der Waals surface area contributed by atoms with Crippen LogP contribution in [0.3, 0.4) is 0 Å². The summed E-state index contributed by atoms with van der Waals surface area (Å²) >= 11 is 1.44. The highest BCUT2D eigenvalue weighted by Gasteiger charge is 2.12. The van der Waals surface area contributed by atoms with Gasteiger partial charge in [0.25, 0.3) is 0 Å². The molecule has 0 atom stereocenters. The number of para-hydroxylation sites is 1. The lowest BCUT2D eigenvalue weighted by molar-refractivity contribution is -0.113. The van der Waals surface area contributed by atoms with Crippen LogP contribution in [-0.4, -0.2) is 21.2 Å². The number of hydrogen-bond acceptors (Lipinski definition) is 3. The van der Waals surface area contributed by atoms with E-state index in [2.05, 4.69) is 42.3 Å². The third-order valence-electron chi connectivity index (χ3n) is 4.30. The first-order valence-electron chi connectivity index (χ1n) is 8.55. The van der Waals surface area contributed by atoms with Gasteiger partial charge in [0.1, 0.15) is 0 Å². The SMILES string of the molecule is Cc1ccc(-n2ccnc2SCC(=O)Nc2c(C)cccc2C)c(C)c1. The molecule has 5 heteroatoms. The first-order chi connectivity index (χ1) is 12.5. The average molecular weight is 366 g/mol. The molecule has 0 aliphatic carbocycles. The van der Waals surface area contributed by atoms with E-state index in [4.69, 9.17) is 0 Å². The van der Waals surface area contributed by atoms with Gasteiger partial charge in [0.05, 0.1) is 11.4 Å². The number of nitrogens with one attached hydrogen (secondary N) is 1. The van der Waals surface area contributed by atoms with E-state index in [0.717, 1.165) is 27.7 Å². The van der Waals surface area contributed by atoms with Gasteiger partial charge in [-0.05, 0) is 50.5 Å². The van der Waals surface area contributed by atoms with Crippen LogP contribution in [-0.2, 0) is 4.79 Å². The van der Waals surface area contributed by atoms with Crippen molar-refractivity contribution in [3.05, 3.63) is 71.0 Å². The van der Waals surface area contributed by atoms with Crippen molar-refractivity contribution in [1.29, 1.82) is 0 Å². The minimum Gasteiger partial charge on any atom is -0.325 e. The van der Waals surface area contributed by atoms with E-state index in [0.29, 0.717) is 5.75 Å². The third-order valence-corrected chi connectivity index (χ3v) is 5.26. The topological polar surface area (TPSA) is 46.9 Å². The average Bonchev–Trinajstić information content (AvgIpc) is 3.05. The molecule has 134 valence electrons. The summed E-state index contributed by atoms with van der Waals surface area (Å²) in [6.07, 6.45) is 3.70. The van der Waals surface area contributed by atoms with Crippen molar-refractivity contribution in [3.8, 4) is 5.69 Å². The van der Waals surface area contributed by atoms with Crippen molar-refractivity contribution in [3.63, 3.8) is 0 Å². The van der Waals surface area contributed by atoms with Gasteiger partial charge in [-0.3, -0.25) is 9.36 Å². The molecule has 0 saturated carbocycles. The minimum absolute atomic E-state index is 0.0254. The Kier molecular flexibility index (Phi) is 5.47. The largest absolute Gasteiger partial charge is 0.325 e. The summed E-state index contributed by atoms with van der Waals surface area (Å²) in [6.45, 7) is 8.17. The normalized spacial score (nSPS) is 10.8. The molecule has 0 saturated heterocycles. The van der Waals surface area contributed by atoms with Crippen LogP contribution in [0.4, 0.5) is 5.69 Å². The molecule has 0 fully saturated rings. The molecular formula is C21H23N3OS. The third kappa shape index (κ3) is 3.99. The van der Waals surface area contributed by atoms with E-state index in [9.17, 15) is 4.79 Å². The Balaban J connectivity index is 1.71. The molecule has 0 bridgehead atoms. The number of aromatic nitrogens is 2. The number of amides is 1. The second-order valence-electron chi connectivity index (χ2n) is 6.47. The number of anilines is 1. The fourth-order valence-electron chi connectivity index (χ4n) is 2.97. The smallest absolute Gasteiger partial charge is 0.234 e. The lowest BCUT2D eigenvalue weighted by Gasteiger charge is -2.13. The predicted octanol–water partition coefficient (Wildman–Crippen LogP) is 4.84. The van der Waals surface area contributed by atoms with Crippen molar-refractivity contribution >= 4 is 23.4 Å². The molecule has 1 aromatic heterocycles. The van der Waals surface area contributed by atoms with Crippen LogP contribution in [0.15, 0.2) is 53.9 Å². The molecule has 1 N–H and O–H groups in total.